The van der Waals surface area contributed by atoms with Crippen molar-refractivity contribution < 1.29 is 91.9 Å². The summed E-state index contributed by atoms with van der Waals surface area (Å²) in [5.74, 6) is -6.18. The number of ketones is 2. The highest BCUT2D eigenvalue weighted by atomic mass is 32.1. The maximum absolute atomic E-state index is 15.1. The first-order chi connectivity index (χ1) is 42.7. The molecule has 0 spiro atoms. The van der Waals surface area contributed by atoms with Crippen LogP contribution < -0.4 is 20.7 Å². The van der Waals surface area contributed by atoms with Crippen LogP contribution >= 0.6 is 11.3 Å². The molecular weight excluding hydrogens is 1190 g/mol. The second-order valence-electron chi connectivity index (χ2n) is 24.6. The van der Waals surface area contributed by atoms with Gasteiger partial charge in [0.2, 0.25) is 18.1 Å². The summed E-state index contributed by atoms with van der Waals surface area (Å²) < 4.78 is 17.8. The van der Waals surface area contributed by atoms with Crippen molar-refractivity contribution in [3.05, 3.63) is 93.5 Å². The molecule has 3 saturated heterocycles. The third-order valence-corrected chi connectivity index (χ3v) is 18.6. The number of ether oxygens (including phenoxy) is 3. The van der Waals surface area contributed by atoms with Crippen LogP contribution in [0.5, 0.6) is 5.75 Å². The minimum atomic E-state index is -1.64. The van der Waals surface area contributed by atoms with E-state index in [-0.39, 0.29) is 105 Å². The number of aliphatic hydroxyl groups is 3. The molecule has 3 unspecified atom stereocenters. The number of hydrogen-bond acceptors (Lipinski definition) is 20. The van der Waals surface area contributed by atoms with E-state index < -0.39 is 102 Å². The van der Waals surface area contributed by atoms with Crippen molar-refractivity contribution in [1.29, 1.82) is 0 Å². The Morgan fingerprint density at radius 3 is 2.24 bits per heavy atom. The third kappa shape index (κ3) is 18.2. The number of imide groups is 1. The number of carboxylic acids is 1. The molecule has 2 aromatic carbocycles. The molecule has 0 bridgehead atoms. The van der Waals surface area contributed by atoms with Crippen LogP contribution in [0.2, 0.25) is 0 Å². The number of quaternary nitrogens is 1. The molecule has 3 aromatic rings. The molecule has 0 saturated carbocycles. The first kappa shape index (κ1) is 71.7. The number of piperidine rings is 1. The van der Waals surface area contributed by atoms with Crippen molar-refractivity contribution in [3.63, 3.8) is 0 Å². The zero-order valence-corrected chi connectivity index (χ0v) is 53.1. The predicted octanol–water partition coefficient (Wildman–Crippen LogP) is 3.01. The van der Waals surface area contributed by atoms with Crippen molar-refractivity contribution in [2.24, 2.45) is 23.7 Å². The molecule has 5 amide bonds. The van der Waals surface area contributed by atoms with Gasteiger partial charge in [-0.2, -0.15) is 9.59 Å². The number of nitrogens with one attached hydrogen (secondary N) is 3. The number of carbonyl (C=O) groups excluding carboxylic acids is 10. The zero-order chi connectivity index (χ0) is 66.2. The number of aliphatic carboxylic acids is 1. The van der Waals surface area contributed by atoms with Crippen LogP contribution in [-0.2, 0) is 76.8 Å². The summed E-state index contributed by atoms with van der Waals surface area (Å²) in [4.78, 5) is 144. The lowest BCUT2D eigenvalue weighted by Gasteiger charge is -2.46. The Balaban J connectivity index is 0.00000421. The molecular formula is C64H86N7O18S+. The van der Waals surface area contributed by atoms with Gasteiger partial charge in [-0.05, 0) is 61.3 Å². The number of aromatic nitrogens is 1. The van der Waals surface area contributed by atoms with Crippen molar-refractivity contribution in [2.75, 3.05) is 46.9 Å². The Labute approximate surface area is 527 Å². The van der Waals surface area contributed by atoms with E-state index in [2.05, 4.69) is 20.9 Å². The number of carbonyl (C=O) groups is 9. The lowest BCUT2D eigenvalue weighted by molar-refractivity contribution is -0.941. The van der Waals surface area contributed by atoms with Crippen LogP contribution in [-0.4, -0.2) is 194 Å². The molecule has 7 rings (SSSR count). The molecule has 4 aliphatic heterocycles. The third-order valence-electron chi connectivity index (χ3n) is 17.7. The van der Waals surface area contributed by atoms with Gasteiger partial charge in [-0.3, -0.25) is 48.1 Å². The van der Waals surface area contributed by atoms with Gasteiger partial charge in [-0.1, -0.05) is 71.4 Å². The van der Waals surface area contributed by atoms with Crippen LogP contribution in [0.3, 0.4) is 0 Å². The molecule has 0 aliphatic carbocycles. The number of rotatable bonds is 30. The van der Waals surface area contributed by atoms with E-state index in [9.17, 15) is 54.0 Å². The number of hydrogen-bond donors (Lipinski definition) is 7. The van der Waals surface area contributed by atoms with Crippen molar-refractivity contribution in [2.45, 2.75) is 167 Å². The Kier molecular flexibility index (Phi) is 25.9. The minimum absolute atomic E-state index is 0.0389. The van der Waals surface area contributed by atoms with Gasteiger partial charge in [-0.25, -0.2) is 4.98 Å². The number of esters is 1. The van der Waals surface area contributed by atoms with E-state index in [4.69, 9.17) is 23.8 Å². The van der Waals surface area contributed by atoms with Gasteiger partial charge in [0.1, 0.15) is 53.1 Å². The lowest BCUT2D eigenvalue weighted by Crippen LogP contribution is -2.76. The molecule has 90 heavy (non-hydrogen) atoms. The van der Waals surface area contributed by atoms with Gasteiger partial charge in [0.15, 0.2) is 17.4 Å². The molecule has 25 nitrogen and oxygen atoms in total. The first-order valence-corrected chi connectivity index (χ1v) is 31.4. The van der Waals surface area contributed by atoms with E-state index in [1.807, 2.05) is 65.1 Å². The molecule has 26 heteroatoms. The monoisotopic (exact) mass is 1270 g/mol. The first-order valence-electron chi connectivity index (χ1n) is 30.5. The predicted molar refractivity (Wildman–Crippen MR) is 323 cm³/mol. The molecule has 3 fully saturated rings. The van der Waals surface area contributed by atoms with Crippen molar-refractivity contribution >= 4 is 70.5 Å². The van der Waals surface area contributed by atoms with Gasteiger partial charge in [0.25, 0.3) is 17.7 Å². The Morgan fingerprint density at radius 2 is 1.63 bits per heavy atom. The highest BCUT2D eigenvalue weighted by molar-refractivity contribution is 7.09. The van der Waals surface area contributed by atoms with Gasteiger partial charge < -0.3 is 60.0 Å². The fraction of sp³-hybridized carbons (Fsp3) is 0.578. The summed E-state index contributed by atoms with van der Waals surface area (Å²) >= 11 is 1.13. The number of amides is 5. The average molecular weight is 1270 g/mol. The Hall–Kier alpha value is -7.42. The number of nitrogens with zero attached hydrogens (tertiary/aromatic N) is 4. The van der Waals surface area contributed by atoms with Crippen LogP contribution in [0.4, 0.5) is 0 Å². The van der Waals surface area contributed by atoms with Crippen molar-refractivity contribution in [1.82, 2.24) is 30.7 Å². The number of likely N-dealkylation sites (N-methyl/N-ethyl adjacent to an activating group) is 1. The number of benzene rings is 2. The normalized spacial score (nSPS) is 23.1. The van der Waals surface area contributed by atoms with E-state index in [1.54, 1.807) is 42.5 Å². The van der Waals surface area contributed by atoms with Crippen LogP contribution in [0.1, 0.15) is 131 Å². The second kappa shape index (κ2) is 32.5. The molecule has 1 aromatic heterocycles. The fourth-order valence-electron chi connectivity index (χ4n) is 12.3. The quantitative estimate of drug-likeness (QED) is 0.0286. The summed E-state index contributed by atoms with van der Waals surface area (Å²) in [6.07, 6.45) is -1.38. The number of likely N-dealkylation sites (tertiary alicyclic amines) is 1. The summed E-state index contributed by atoms with van der Waals surface area (Å²) in [6.45, 7) is 11.3. The van der Waals surface area contributed by atoms with Gasteiger partial charge >= 0.3 is 18.1 Å². The Bertz CT molecular complexity index is 3090. The van der Waals surface area contributed by atoms with Gasteiger partial charge in [0, 0.05) is 112 Å². The largest absolute Gasteiger partial charge is 0.481 e. The molecule has 7 N–H and O–H groups in total. The van der Waals surface area contributed by atoms with Crippen molar-refractivity contribution in [3.8, 4) is 5.75 Å². The summed E-state index contributed by atoms with van der Waals surface area (Å²) in [5.41, 5.74) is 0.694. The highest BCUT2D eigenvalue weighted by Crippen LogP contribution is 2.36. The number of thiazole rings is 1. The number of Topliss-reactive ketones (excluding diaryl/α,β-unsaturated/α-hetero) is 2. The second-order valence-corrected chi connectivity index (χ2v) is 25.5. The van der Waals surface area contributed by atoms with E-state index >= 15 is 9.59 Å². The molecule has 5 heterocycles. The smallest absolute Gasteiger partial charge is 0.373 e. The van der Waals surface area contributed by atoms with Gasteiger partial charge in [0.05, 0.1) is 26.1 Å². The maximum atomic E-state index is 15.1. The minimum Gasteiger partial charge on any atom is -0.481 e. The number of carboxylic acid groups (broad SMARTS) is 1. The summed E-state index contributed by atoms with van der Waals surface area (Å²) in [5, 5.41) is 51.6. The highest BCUT2D eigenvalue weighted by Gasteiger charge is 2.54. The van der Waals surface area contributed by atoms with E-state index in [0.717, 1.165) is 52.4 Å². The summed E-state index contributed by atoms with van der Waals surface area (Å²) in [7, 11) is 3.71. The molecule has 490 valence electrons. The Morgan fingerprint density at radius 1 is 0.956 bits per heavy atom. The number of aliphatic hydroxyl groups excluding tert-OH is 3. The van der Waals surface area contributed by atoms with Crippen LogP contribution in [0, 0.1) is 23.7 Å². The molecule has 12 atom stereocenters. The van der Waals surface area contributed by atoms with Crippen LogP contribution in [0.25, 0.3) is 0 Å². The molecule has 0 radical (unpaired) electrons. The average Bonchev–Trinajstić information content (AvgIpc) is 1.42. The standard InChI is InChI=1S/C63H85N7O16S.CO2/c1-9-37(4)45(59(80)68(7)47(36(2)3)30-52(85-39(6)71)58-67-46(33-87-58)57(79)66-43(25-38(5)60(81)82)27-40-15-11-10-12-16-40)29-49(73)48-17-13-14-24-70(48,8)31-41-18-19-51(86-61-56(78)55(77)50(74)32-84-61)42(26-41)28-44(72)22-23-65-62(83)63(34-64-35-63)69-53(75)20-21-54(69)76;2-1-3/h10-12,15-16,18-21,26,33,36-38,43,45,47-48,50,52,55-56,61,64,74,77-78H,9,13-14,17,22-25,27-32,34-35H2,1-8H3,(H2-,65,66,79,81,82,83);/p+1/t37-,38-,43+,45-,47-,48+,50?,52-,55-,56?,61-,70?;/m0./s1. The summed E-state index contributed by atoms with van der Waals surface area (Å²) in [6, 6.07) is 13.1. The van der Waals surface area contributed by atoms with E-state index in [1.165, 1.54) is 6.92 Å². The molecule has 4 aliphatic rings. The van der Waals surface area contributed by atoms with E-state index in [0.29, 0.717) is 47.4 Å². The topological polar surface area (TPSA) is 352 Å². The fourth-order valence-corrected chi connectivity index (χ4v) is 13.1. The maximum Gasteiger partial charge on any atom is 0.373 e. The lowest BCUT2D eigenvalue weighted by atomic mass is 9.82. The van der Waals surface area contributed by atoms with Gasteiger partial charge in [-0.15, -0.1) is 11.3 Å². The SMILES string of the molecule is CC[C@H](C)[C@H](CC(=O)[C@H]1CCCC[N+]1(C)Cc1ccc(O[C@@H]2OCC(O)[C@H](O)C2O)c(CC(=O)CCNC(=O)C2(N3C(=O)C=CC3=O)CNC2)c1)C(=O)N(C)[C@@H](C[C@H](OC(C)=O)c1nc(C(=O)N[C@@H](Cc2ccccc2)C[C@H](C)C(=O)O)cs1)C(C)C.O=C=O. The zero-order valence-electron chi connectivity index (χ0n) is 52.3. The van der Waals surface area contributed by atoms with Crippen LogP contribution in [0.15, 0.2) is 66.1 Å².